The Hall–Kier alpha value is -2.24. The first-order valence-corrected chi connectivity index (χ1v) is 8.73. The maximum Gasteiger partial charge on any atom is 0.254 e. The van der Waals surface area contributed by atoms with Gasteiger partial charge in [-0.25, -0.2) is 0 Å². The van der Waals surface area contributed by atoms with Crippen LogP contribution < -0.4 is 14.8 Å². The number of carbonyl (C=O) groups excluding carboxylic acids is 2. The Bertz CT molecular complexity index is 654. The van der Waals surface area contributed by atoms with Crippen LogP contribution in [0, 0.1) is 0 Å². The van der Waals surface area contributed by atoms with Gasteiger partial charge < -0.3 is 19.7 Å². The summed E-state index contributed by atoms with van der Waals surface area (Å²) < 4.78 is 10.6. The Morgan fingerprint density at radius 1 is 1.04 bits per heavy atom. The van der Waals surface area contributed by atoms with Crippen molar-refractivity contribution in [3.63, 3.8) is 0 Å². The van der Waals surface area contributed by atoms with Crippen molar-refractivity contribution in [1.29, 1.82) is 0 Å². The van der Waals surface area contributed by atoms with Crippen LogP contribution >= 0.6 is 0 Å². The molecule has 2 amide bonds. The van der Waals surface area contributed by atoms with Crippen LogP contribution in [0.3, 0.4) is 0 Å². The van der Waals surface area contributed by atoms with E-state index in [2.05, 4.69) is 5.32 Å². The van der Waals surface area contributed by atoms with Gasteiger partial charge in [0.25, 0.3) is 5.91 Å². The molecule has 1 N–H and O–H groups in total. The van der Waals surface area contributed by atoms with E-state index in [1.165, 1.54) is 12.8 Å². The fraction of sp³-hybridized carbons (Fsp3) is 0.556. The topological polar surface area (TPSA) is 67.9 Å². The molecule has 1 aromatic carbocycles. The molecule has 2 heterocycles. The van der Waals surface area contributed by atoms with E-state index in [0.717, 1.165) is 25.7 Å². The van der Waals surface area contributed by atoms with Crippen LogP contribution in [0.15, 0.2) is 18.2 Å². The van der Waals surface area contributed by atoms with Crippen LogP contribution in [-0.4, -0.2) is 42.1 Å². The molecule has 1 aliphatic carbocycles. The molecule has 24 heavy (non-hydrogen) atoms. The SMILES string of the molecule is O=C(NC1CCCC1)C1CCCN1C(=O)c1ccc2c(c1)OCO2. The highest BCUT2D eigenvalue weighted by atomic mass is 16.7. The lowest BCUT2D eigenvalue weighted by Gasteiger charge is -2.25. The molecule has 0 spiro atoms. The summed E-state index contributed by atoms with van der Waals surface area (Å²) in [4.78, 5) is 27.1. The average Bonchev–Trinajstić information content (AvgIpc) is 3.33. The lowest BCUT2D eigenvalue weighted by molar-refractivity contribution is -0.125. The molecule has 6 heteroatoms. The van der Waals surface area contributed by atoms with E-state index in [1.807, 2.05) is 0 Å². The number of amides is 2. The zero-order valence-corrected chi connectivity index (χ0v) is 13.6. The van der Waals surface area contributed by atoms with Gasteiger partial charge in [-0.15, -0.1) is 0 Å². The van der Waals surface area contributed by atoms with Crippen LogP contribution in [0.5, 0.6) is 11.5 Å². The van der Waals surface area contributed by atoms with Gasteiger partial charge in [0.05, 0.1) is 0 Å². The van der Waals surface area contributed by atoms with Crippen LogP contribution in [0.25, 0.3) is 0 Å². The summed E-state index contributed by atoms with van der Waals surface area (Å²) in [6.45, 7) is 0.805. The van der Waals surface area contributed by atoms with Gasteiger partial charge in [0, 0.05) is 18.2 Å². The number of ether oxygens (including phenoxy) is 2. The summed E-state index contributed by atoms with van der Waals surface area (Å²) in [5.74, 6) is 1.13. The number of likely N-dealkylation sites (tertiary alicyclic amines) is 1. The largest absolute Gasteiger partial charge is 0.454 e. The Morgan fingerprint density at radius 3 is 2.67 bits per heavy atom. The fourth-order valence-electron chi connectivity index (χ4n) is 3.85. The highest BCUT2D eigenvalue weighted by molar-refractivity contribution is 5.98. The first kappa shape index (κ1) is 15.3. The molecular formula is C18H22N2O4. The molecule has 1 aromatic rings. The number of fused-ring (bicyclic) bond motifs is 1. The number of nitrogens with one attached hydrogen (secondary N) is 1. The van der Waals surface area contributed by atoms with Gasteiger partial charge in [-0.2, -0.15) is 0 Å². The molecule has 2 aliphatic heterocycles. The molecule has 0 radical (unpaired) electrons. The smallest absolute Gasteiger partial charge is 0.254 e. The third-order valence-corrected chi connectivity index (χ3v) is 5.14. The Balaban J connectivity index is 1.47. The van der Waals surface area contributed by atoms with Crippen molar-refractivity contribution in [1.82, 2.24) is 10.2 Å². The van der Waals surface area contributed by atoms with Crippen molar-refractivity contribution in [3.8, 4) is 11.5 Å². The summed E-state index contributed by atoms with van der Waals surface area (Å²) >= 11 is 0. The average molecular weight is 330 g/mol. The number of carbonyl (C=O) groups is 2. The molecule has 0 aromatic heterocycles. The fourth-order valence-corrected chi connectivity index (χ4v) is 3.85. The third-order valence-electron chi connectivity index (χ3n) is 5.14. The molecule has 1 atom stereocenters. The predicted molar refractivity (Wildman–Crippen MR) is 87.0 cm³/mol. The van der Waals surface area contributed by atoms with E-state index in [1.54, 1.807) is 23.1 Å². The first-order chi connectivity index (χ1) is 11.7. The summed E-state index contributed by atoms with van der Waals surface area (Å²) in [5.41, 5.74) is 0.541. The van der Waals surface area contributed by atoms with E-state index in [4.69, 9.17) is 9.47 Å². The van der Waals surface area contributed by atoms with Gasteiger partial charge in [0.2, 0.25) is 12.7 Å². The molecule has 128 valence electrons. The van der Waals surface area contributed by atoms with E-state index in [-0.39, 0.29) is 30.7 Å². The highest BCUT2D eigenvalue weighted by Crippen LogP contribution is 2.33. The van der Waals surface area contributed by atoms with Gasteiger partial charge in [-0.05, 0) is 43.9 Å². The minimum atomic E-state index is -0.358. The quantitative estimate of drug-likeness (QED) is 0.921. The molecule has 1 saturated carbocycles. The number of hydrogen-bond acceptors (Lipinski definition) is 4. The molecule has 1 unspecified atom stereocenters. The van der Waals surface area contributed by atoms with E-state index in [0.29, 0.717) is 23.6 Å². The molecule has 0 bridgehead atoms. The lowest BCUT2D eigenvalue weighted by Crippen LogP contribution is -2.48. The third kappa shape index (κ3) is 2.81. The number of benzene rings is 1. The minimum Gasteiger partial charge on any atom is -0.454 e. The maximum atomic E-state index is 12.8. The molecule has 1 saturated heterocycles. The first-order valence-electron chi connectivity index (χ1n) is 8.73. The summed E-state index contributed by atoms with van der Waals surface area (Å²) in [6.07, 6.45) is 6.04. The number of rotatable bonds is 3. The van der Waals surface area contributed by atoms with Crippen molar-refractivity contribution < 1.29 is 19.1 Å². The Labute approximate surface area is 141 Å². The van der Waals surface area contributed by atoms with Gasteiger partial charge in [0.1, 0.15) is 6.04 Å². The minimum absolute atomic E-state index is 0.00602. The second kappa shape index (κ2) is 6.34. The molecule has 4 rings (SSSR count). The molecule has 2 fully saturated rings. The monoisotopic (exact) mass is 330 g/mol. The summed E-state index contributed by atoms with van der Waals surface area (Å²) in [6, 6.07) is 5.11. The van der Waals surface area contributed by atoms with Crippen molar-refractivity contribution in [2.45, 2.75) is 50.6 Å². The number of nitrogens with zero attached hydrogens (tertiary/aromatic N) is 1. The molecule has 6 nitrogen and oxygen atoms in total. The van der Waals surface area contributed by atoms with Crippen molar-refractivity contribution >= 4 is 11.8 Å². The molecular weight excluding hydrogens is 308 g/mol. The van der Waals surface area contributed by atoms with E-state index >= 15 is 0 Å². The Kier molecular flexibility index (Phi) is 4.04. The predicted octanol–water partition coefficient (Wildman–Crippen LogP) is 2.08. The van der Waals surface area contributed by atoms with Gasteiger partial charge in [-0.3, -0.25) is 9.59 Å². The maximum absolute atomic E-state index is 12.8. The second-order valence-corrected chi connectivity index (χ2v) is 6.71. The van der Waals surface area contributed by atoms with Crippen molar-refractivity contribution in [2.75, 3.05) is 13.3 Å². The zero-order valence-electron chi connectivity index (χ0n) is 13.6. The van der Waals surface area contributed by atoms with Crippen LogP contribution in [0.1, 0.15) is 48.9 Å². The van der Waals surface area contributed by atoms with Gasteiger partial charge in [0.15, 0.2) is 11.5 Å². The second-order valence-electron chi connectivity index (χ2n) is 6.71. The van der Waals surface area contributed by atoms with Crippen molar-refractivity contribution in [2.24, 2.45) is 0 Å². The van der Waals surface area contributed by atoms with Gasteiger partial charge >= 0.3 is 0 Å². The zero-order chi connectivity index (χ0) is 16.5. The van der Waals surface area contributed by atoms with Crippen LogP contribution in [0.2, 0.25) is 0 Å². The normalized spacial score (nSPS) is 22.8. The summed E-state index contributed by atoms with van der Waals surface area (Å²) in [7, 11) is 0. The summed E-state index contributed by atoms with van der Waals surface area (Å²) in [5, 5.41) is 3.12. The molecule has 3 aliphatic rings. The highest BCUT2D eigenvalue weighted by Gasteiger charge is 2.36. The standard InChI is InChI=1S/C18H22N2O4/c21-17(19-13-4-1-2-5-13)14-6-3-9-20(14)18(22)12-7-8-15-16(10-12)24-11-23-15/h7-8,10,13-14H,1-6,9,11H2,(H,19,21). The van der Waals surface area contributed by atoms with Crippen LogP contribution in [0.4, 0.5) is 0 Å². The number of hydrogen-bond donors (Lipinski definition) is 1. The van der Waals surface area contributed by atoms with Crippen LogP contribution in [-0.2, 0) is 4.79 Å². The van der Waals surface area contributed by atoms with Gasteiger partial charge in [-0.1, -0.05) is 12.8 Å². The van der Waals surface area contributed by atoms with E-state index < -0.39 is 0 Å². The van der Waals surface area contributed by atoms with E-state index in [9.17, 15) is 9.59 Å². The lowest BCUT2D eigenvalue weighted by atomic mass is 10.1. The Morgan fingerprint density at radius 2 is 1.83 bits per heavy atom. The van der Waals surface area contributed by atoms with Crippen molar-refractivity contribution in [3.05, 3.63) is 23.8 Å².